The van der Waals surface area contributed by atoms with Crippen LogP contribution in [0.15, 0.2) is 144 Å². The Morgan fingerprint density at radius 3 is 1.84 bits per heavy atom. The summed E-state index contributed by atoms with van der Waals surface area (Å²) >= 11 is 5.28. The number of carbonyl (C=O) groups excluding carboxylic acids is 3. The minimum absolute atomic E-state index is 0.00928. The topological polar surface area (TPSA) is 143 Å². The molecule has 10 nitrogen and oxygen atoms in total. The molecule has 5 aromatic carbocycles. The fourth-order valence-corrected chi connectivity index (χ4v) is 5.96. The molecule has 248 valence electrons. The zero-order valence-corrected chi connectivity index (χ0v) is 27.7. The predicted octanol–water partition coefficient (Wildman–Crippen LogP) is 5.82. The zero-order chi connectivity index (χ0) is 34.6. The lowest BCUT2D eigenvalue weighted by molar-refractivity contribution is -0.121. The summed E-state index contributed by atoms with van der Waals surface area (Å²) in [7, 11) is -4.33. The lowest BCUT2D eigenvalue weighted by atomic mass is 10.0. The third-order valence-corrected chi connectivity index (χ3v) is 8.81. The van der Waals surface area contributed by atoms with Crippen molar-refractivity contribution in [3.63, 3.8) is 0 Å². The summed E-state index contributed by atoms with van der Waals surface area (Å²) in [5, 5.41) is 7.94. The molecule has 5 rings (SSSR count). The van der Waals surface area contributed by atoms with Crippen LogP contribution in [-0.2, 0) is 32.6 Å². The van der Waals surface area contributed by atoms with Crippen molar-refractivity contribution < 1.29 is 27.5 Å². The van der Waals surface area contributed by atoms with Crippen LogP contribution < -0.4 is 20.7 Å². The molecule has 0 saturated carbocycles. The predicted molar refractivity (Wildman–Crippen MR) is 191 cm³/mol. The van der Waals surface area contributed by atoms with Crippen molar-refractivity contribution in [2.45, 2.75) is 24.0 Å². The Hall–Kier alpha value is -5.85. The molecule has 5 aromatic rings. The van der Waals surface area contributed by atoms with E-state index in [2.05, 4.69) is 20.7 Å². The number of hydrogen-bond acceptors (Lipinski definition) is 7. The Morgan fingerprint density at radius 1 is 0.673 bits per heavy atom. The van der Waals surface area contributed by atoms with Crippen LogP contribution in [0.2, 0.25) is 0 Å². The summed E-state index contributed by atoms with van der Waals surface area (Å²) in [5.41, 5.74) is 4.25. The van der Waals surface area contributed by atoms with Gasteiger partial charge in [-0.2, -0.15) is 0 Å². The number of alkyl carbamates (subject to hydrolysis) is 1. The molecule has 4 N–H and O–H groups in total. The summed E-state index contributed by atoms with van der Waals surface area (Å²) in [5.74, 6) is -1.36. The zero-order valence-electron chi connectivity index (χ0n) is 26.0. The highest BCUT2D eigenvalue weighted by Crippen LogP contribution is 2.19. The van der Waals surface area contributed by atoms with Crippen molar-refractivity contribution in [3.8, 4) is 11.1 Å². The van der Waals surface area contributed by atoms with E-state index in [1.54, 1.807) is 66.7 Å². The maximum atomic E-state index is 13.2. The van der Waals surface area contributed by atoms with Crippen LogP contribution >= 0.6 is 12.2 Å². The number of sulfonamides is 1. The molecule has 0 bridgehead atoms. The maximum Gasteiger partial charge on any atom is 0.408 e. The molecule has 0 unspecified atom stereocenters. The second kappa shape index (κ2) is 16.3. The molecule has 0 saturated heterocycles. The van der Waals surface area contributed by atoms with E-state index in [-0.39, 0.29) is 23.0 Å². The van der Waals surface area contributed by atoms with Gasteiger partial charge >= 0.3 is 6.09 Å². The lowest BCUT2D eigenvalue weighted by Gasteiger charge is -2.19. The molecule has 1 atom stereocenters. The van der Waals surface area contributed by atoms with E-state index >= 15 is 0 Å². The van der Waals surface area contributed by atoms with E-state index in [1.165, 1.54) is 24.3 Å². The highest BCUT2D eigenvalue weighted by atomic mass is 32.2. The van der Waals surface area contributed by atoms with Crippen LogP contribution in [0.5, 0.6) is 0 Å². The number of hydrogen-bond donors (Lipinski definition) is 4. The van der Waals surface area contributed by atoms with E-state index in [0.29, 0.717) is 16.8 Å². The maximum absolute atomic E-state index is 13.2. The van der Waals surface area contributed by atoms with Gasteiger partial charge in [-0.3, -0.25) is 14.9 Å². The minimum atomic E-state index is -4.33. The Bertz CT molecular complexity index is 2010. The number of thiocarbonyl (C=S) groups is 1. The Balaban J connectivity index is 1.17. The first-order chi connectivity index (χ1) is 23.7. The second-order valence-corrected chi connectivity index (χ2v) is 12.9. The summed E-state index contributed by atoms with van der Waals surface area (Å²) in [6.07, 6.45) is -0.855. The molecule has 0 aliphatic carbocycles. The van der Waals surface area contributed by atoms with Gasteiger partial charge in [-0.1, -0.05) is 103 Å². The molecule has 0 aliphatic heterocycles. The molecule has 12 heteroatoms. The summed E-state index contributed by atoms with van der Waals surface area (Å²) in [6.45, 7) is -0.0278. The molecular weight excluding hydrogens is 661 g/mol. The average molecular weight is 693 g/mol. The van der Waals surface area contributed by atoms with Crippen LogP contribution in [0, 0.1) is 0 Å². The van der Waals surface area contributed by atoms with Crippen molar-refractivity contribution in [1.29, 1.82) is 0 Å². The van der Waals surface area contributed by atoms with Gasteiger partial charge in [0.2, 0.25) is 0 Å². The molecule has 0 radical (unpaired) electrons. The lowest BCUT2D eigenvalue weighted by Crippen LogP contribution is -2.49. The van der Waals surface area contributed by atoms with Gasteiger partial charge in [-0.25, -0.2) is 17.9 Å². The van der Waals surface area contributed by atoms with Crippen LogP contribution in [0.3, 0.4) is 0 Å². The van der Waals surface area contributed by atoms with Crippen molar-refractivity contribution >= 4 is 50.9 Å². The summed E-state index contributed by atoms with van der Waals surface area (Å²) in [4.78, 5) is 38.4. The number of ether oxygens (including phenoxy) is 1. The fourth-order valence-electron chi connectivity index (χ4n) is 4.73. The van der Waals surface area contributed by atoms with Crippen LogP contribution in [-0.4, -0.2) is 37.5 Å². The molecule has 0 fully saturated rings. The monoisotopic (exact) mass is 692 g/mol. The average Bonchev–Trinajstić information content (AvgIpc) is 3.12. The SMILES string of the molecule is O=C(N[C@@H](Cc1ccccc1)C(=O)NS(=O)(=O)c1ccc(NC(=S)NC(=O)c2ccc(-c3ccccc3)cc2)cc1)OCc1ccccc1. The van der Waals surface area contributed by atoms with E-state index < -0.39 is 34.0 Å². The first-order valence-corrected chi connectivity index (χ1v) is 17.0. The van der Waals surface area contributed by atoms with Gasteiger partial charge < -0.3 is 15.4 Å². The van der Waals surface area contributed by atoms with E-state index in [1.807, 2.05) is 48.5 Å². The number of carbonyl (C=O) groups is 3. The first-order valence-electron chi connectivity index (χ1n) is 15.1. The van der Waals surface area contributed by atoms with Crippen molar-refractivity contribution in [3.05, 3.63) is 156 Å². The first kappa shape index (κ1) is 34.5. The summed E-state index contributed by atoms with van der Waals surface area (Å²) in [6, 6.07) is 38.9. The molecule has 49 heavy (non-hydrogen) atoms. The summed E-state index contributed by atoms with van der Waals surface area (Å²) < 4.78 is 33.6. The van der Waals surface area contributed by atoms with E-state index in [4.69, 9.17) is 17.0 Å². The van der Waals surface area contributed by atoms with Gasteiger partial charge in [0.05, 0.1) is 4.90 Å². The number of rotatable bonds is 11. The van der Waals surface area contributed by atoms with Crippen LogP contribution in [0.4, 0.5) is 10.5 Å². The van der Waals surface area contributed by atoms with E-state index in [9.17, 15) is 22.8 Å². The van der Waals surface area contributed by atoms with Gasteiger partial charge in [-0.05, 0) is 70.9 Å². The Labute approximate surface area is 289 Å². The van der Waals surface area contributed by atoms with Crippen molar-refractivity contribution in [2.24, 2.45) is 0 Å². The molecule has 3 amide bonds. The third-order valence-electron chi connectivity index (χ3n) is 7.24. The number of amides is 3. The number of nitrogens with one attached hydrogen (secondary N) is 4. The van der Waals surface area contributed by atoms with Crippen LogP contribution in [0.1, 0.15) is 21.5 Å². The quantitative estimate of drug-likeness (QED) is 0.127. The molecule has 0 aromatic heterocycles. The van der Waals surface area contributed by atoms with Gasteiger partial charge in [0.25, 0.3) is 21.8 Å². The Morgan fingerprint density at radius 2 is 1.22 bits per heavy atom. The largest absolute Gasteiger partial charge is 0.445 e. The molecule has 0 heterocycles. The second-order valence-electron chi connectivity index (χ2n) is 10.8. The standard InChI is InChI=1S/C37H32N4O6S2/c42-34(30-18-16-29(17-19-30)28-14-8-3-9-15-28)40-36(48)38-31-20-22-32(23-21-31)49(45,46)41-35(43)33(24-26-10-4-1-5-11-26)39-37(44)47-25-27-12-6-2-7-13-27/h1-23,33H,24-25H2,(H,39,44)(H,41,43)(H2,38,40,42,48)/t33-/m0/s1. The van der Waals surface area contributed by atoms with Crippen LogP contribution in [0.25, 0.3) is 11.1 Å². The smallest absolute Gasteiger partial charge is 0.408 e. The Kier molecular flexibility index (Phi) is 11.5. The molecule has 0 spiro atoms. The van der Waals surface area contributed by atoms with E-state index in [0.717, 1.165) is 16.7 Å². The highest BCUT2D eigenvalue weighted by Gasteiger charge is 2.27. The number of benzene rings is 5. The van der Waals surface area contributed by atoms with Gasteiger partial charge in [0, 0.05) is 17.7 Å². The van der Waals surface area contributed by atoms with Crippen molar-refractivity contribution in [1.82, 2.24) is 15.4 Å². The van der Waals surface area contributed by atoms with Gasteiger partial charge in [0.15, 0.2) is 5.11 Å². The minimum Gasteiger partial charge on any atom is -0.445 e. The normalized spacial score (nSPS) is 11.4. The van der Waals surface area contributed by atoms with Gasteiger partial charge in [0.1, 0.15) is 12.6 Å². The molecule has 0 aliphatic rings. The van der Waals surface area contributed by atoms with Gasteiger partial charge in [-0.15, -0.1) is 0 Å². The highest BCUT2D eigenvalue weighted by molar-refractivity contribution is 7.90. The fraction of sp³-hybridized carbons (Fsp3) is 0.0811. The molecular formula is C37H32N4O6S2. The van der Waals surface area contributed by atoms with Crippen molar-refractivity contribution in [2.75, 3.05) is 5.32 Å². The number of anilines is 1. The third kappa shape index (κ3) is 10.1.